The summed E-state index contributed by atoms with van der Waals surface area (Å²) in [5, 5.41) is 5.45. The fourth-order valence-electron chi connectivity index (χ4n) is 2.21. The molecule has 2 N–H and O–H groups in total. The molecule has 0 aromatic heterocycles. The Balaban J connectivity index is 2.27. The Bertz CT molecular complexity index is 715. The molecule has 0 bridgehead atoms. The van der Waals surface area contributed by atoms with Crippen molar-refractivity contribution in [3.63, 3.8) is 0 Å². The molecule has 2 amide bonds. The number of hydrogen-bond donors (Lipinski definition) is 2. The molecule has 4 nitrogen and oxygen atoms in total. The SMILES string of the molecule is CC(C)NC(=O)C(NC(=O)c1cc(F)cc(Br)c1)c1ccccc1. The molecule has 0 fully saturated rings. The summed E-state index contributed by atoms with van der Waals surface area (Å²) in [5.41, 5.74) is 0.791. The molecule has 0 aliphatic heterocycles. The van der Waals surface area contributed by atoms with Crippen molar-refractivity contribution in [2.24, 2.45) is 0 Å². The van der Waals surface area contributed by atoms with Gasteiger partial charge in [-0.25, -0.2) is 4.39 Å². The first-order valence-corrected chi connectivity index (χ1v) is 8.28. The Morgan fingerprint density at radius 3 is 2.29 bits per heavy atom. The number of halogens is 2. The van der Waals surface area contributed by atoms with Crippen LogP contribution in [0, 0.1) is 5.82 Å². The third kappa shape index (κ3) is 4.89. The number of nitrogens with one attached hydrogen (secondary N) is 2. The summed E-state index contributed by atoms with van der Waals surface area (Å²) in [6, 6.07) is 11.9. The van der Waals surface area contributed by atoms with Gasteiger partial charge in [-0.15, -0.1) is 0 Å². The lowest BCUT2D eigenvalue weighted by Gasteiger charge is -2.20. The molecule has 0 saturated carbocycles. The average molecular weight is 393 g/mol. The van der Waals surface area contributed by atoms with Crippen LogP contribution in [0.1, 0.15) is 35.8 Å². The third-order valence-electron chi connectivity index (χ3n) is 3.23. The van der Waals surface area contributed by atoms with Crippen LogP contribution in [0.3, 0.4) is 0 Å². The Hall–Kier alpha value is -2.21. The zero-order valence-electron chi connectivity index (χ0n) is 13.3. The van der Waals surface area contributed by atoms with Crippen molar-refractivity contribution in [2.45, 2.75) is 25.9 Å². The van der Waals surface area contributed by atoms with Crippen LogP contribution in [0.5, 0.6) is 0 Å². The number of carbonyl (C=O) groups excluding carboxylic acids is 2. The van der Waals surface area contributed by atoms with Gasteiger partial charge in [-0.2, -0.15) is 0 Å². The fraction of sp³-hybridized carbons (Fsp3) is 0.222. The number of hydrogen-bond acceptors (Lipinski definition) is 2. The minimum Gasteiger partial charge on any atom is -0.352 e. The molecule has 0 spiro atoms. The maximum absolute atomic E-state index is 13.5. The van der Waals surface area contributed by atoms with Crippen molar-refractivity contribution >= 4 is 27.7 Å². The fourth-order valence-corrected chi connectivity index (χ4v) is 2.68. The topological polar surface area (TPSA) is 58.2 Å². The van der Waals surface area contributed by atoms with Gasteiger partial charge in [0.15, 0.2) is 0 Å². The van der Waals surface area contributed by atoms with Gasteiger partial charge < -0.3 is 10.6 Å². The van der Waals surface area contributed by atoms with E-state index in [0.717, 1.165) is 6.07 Å². The lowest BCUT2D eigenvalue weighted by atomic mass is 10.0. The monoisotopic (exact) mass is 392 g/mol. The van der Waals surface area contributed by atoms with Crippen LogP contribution in [0.15, 0.2) is 53.0 Å². The molecule has 1 unspecified atom stereocenters. The summed E-state index contributed by atoms with van der Waals surface area (Å²) < 4.78 is 13.9. The predicted octanol–water partition coefficient (Wildman–Crippen LogP) is 3.58. The van der Waals surface area contributed by atoms with Crippen LogP contribution in [0.25, 0.3) is 0 Å². The predicted molar refractivity (Wildman–Crippen MR) is 94.0 cm³/mol. The van der Waals surface area contributed by atoms with E-state index in [1.54, 1.807) is 24.3 Å². The number of amides is 2. The van der Waals surface area contributed by atoms with Crippen LogP contribution in [-0.2, 0) is 4.79 Å². The van der Waals surface area contributed by atoms with E-state index in [2.05, 4.69) is 26.6 Å². The first kappa shape index (κ1) is 18.1. The molecule has 0 aliphatic rings. The molecule has 1 atom stereocenters. The summed E-state index contributed by atoms with van der Waals surface area (Å²) in [4.78, 5) is 24.9. The largest absolute Gasteiger partial charge is 0.352 e. The second-order valence-corrected chi connectivity index (χ2v) is 6.55. The highest BCUT2D eigenvalue weighted by molar-refractivity contribution is 9.10. The molecule has 0 radical (unpaired) electrons. The maximum Gasteiger partial charge on any atom is 0.252 e. The van der Waals surface area contributed by atoms with Crippen LogP contribution in [0.2, 0.25) is 0 Å². The molecular weight excluding hydrogens is 375 g/mol. The molecular formula is C18H18BrFN2O2. The van der Waals surface area contributed by atoms with Crippen molar-refractivity contribution < 1.29 is 14.0 Å². The first-order chi connectivity index (χ1) is 11.4. The number of benzene rings is 2. The van der Waals surface area contributed by atoms with Gasteiger partial charge in [0.1, 0.15) is 11.9 Å². The van der Waals surface area contributed by atoms with Gasteiger partial charge in [-0.3, -0.25) is 9.59 Å². The van der Waals surface area contributed by atoms with E-state index < -0.39 is 17.8 Å². The first-order valence-electron chi connectivity index (χ1n) is 7.49. The second kappa shape index (κ2) is 8.06. The van der Waals surface area contributed by atoms with Gasteiger partial charge in [0.05, 0.1) is 0 Å². The van der Waals surface area contributed by atoms with Crippen LogP contribution >= 0.6 is 15.9 Å². The van der Waals surface area contributed by atoms with E-state index in [9.17, 15) is 14.0 Å². The summed E-state index contributed by atoms with van der Waals surface area (Å²) in [5.74, 6) is -1.37. The second-order valence-electron chi connectivity index (χ2n) is 5.64. The Kier molecular flexibility index (Phi) is 6.09. The third-order valence-corrected chi connectivity index (χ3v) is 3.68. The molecule has 2 rings (SSSR count). The molecule has 126 valence electrons. The minimum absolute atomic E-state index is 0.0658. The van der Waals surface area contributed by atoms with E-state index in [1.165, 1.54) is 12.1 Å². The summed E-state index contributed by atoms with van der Waals surface area (Å²) in [6.07, 6.45) is 0. The van der Waals surface area contributed by atoms with Crippen LogP contribution in [-0.4, -0.2) is 17.9 Å². The quantitative estimate of drug-likeness (QED) is 0.816. The Morgan fingerprint density at radius 2 is 1.71 bits per heavy atom. The van der Waals surface area contributed by atoms with Crippen LogP contribution in [0.4, 0.5) is 4.39 Å². The normalized spacial score (nSPS) is 11.9. The molecule has 0 saturated heterocycles. The van der Waals surface area contributed by atoms with Gasteiger partial charge in [-0.05, 0) is 37.6 Å². The number of carbonyl (C=O) groups is 2. The van der Waals surface area contributed by atoms with Crippen molar-refractivity contribution in [1.29, 1.82) is 0 Å². The standard InChI is InChI=1S/C18H18BrFN2O2/c1-11(2)21-18(24)16(12-6-4-3-5-7-12)22-17(23)13-8-14(19)10-15(20)9-13/h3-11,16H,1-2H3,(H,21,24)(H,22,23). The van der Waals surface area contributed by atoms with E-state index in [-0.39, 0.29) is 17.5 Å². The van der Waals surface area contributed by atoms with Crippen molar-refractivity contribution in [2.75, 3.05) is 0 Å². The Morgan fingerprint density at radius 1 is 1.04 bits per heavy atom. The van der Waals surface area contributed by atoms with Gasteiger partial charge in [0.2, 0.25) is 5.91 Å². The van der Waals surface area contributed by atoms with Crippen LogP contribution < -0.4 is 10.6 Å². The number of rotatable bonds is 5. The maximum atomic E-state index is 13.5. The minimum atomic E-state index is -0.858. The lowest BCUT2D eigenvalue weighted by molar-refractivity contribution is -0.123. The van der Waals surface area contributed by atoms with E-state index in [0.29, 0.717) is 10.0 Å². The molecule has 2 aromatic rings. The van der Waals surface area contributed by atoms with E-state index in [4.69, 9.17) is 0 Å². The summed E-state index contributed by atoms with van der Waals surface area (Å²) in [7, 11) is 0. The molecule has 0 heterocycles. The molecule has 2 aromatic carbocycles. The Labute approximate surface area is 148 Å². The lowest BCUT2D eigenvalue weighted by Crippen LogP contribution is -2.42. The summed E-state index contributed by atoms with van der Waals surface area (Å²) >= 11 is 3.15. The highest BCUT2D eigenvalue weighted by atomic mass is 79.9. The highest BCUT2D eigenvalue weighted by Gasteiger charge is 2.24. The molecule has 6 heteroatoms. The zero-order valence-corrected chi connectivity index (χ0v) is 14.9. The van der Waals surface area contributed by atoms with Crippen molar-refractivity contribution in [1.82, 2.24) is 10.6 Å². The van der Waals surface area contributed by atoms with Gasteiger partial charge in [0, 0.05) is 16.1 Å². The van der Waals surface area contributed by atoms with Gasteiger partial charge >= 0.3 is 0 Å². The van der Waals surface area contributed by atoms with Crippen molar-refractivity contribution in [3.05, 3.63) is 69.9 Å². The smallest absolute Gasteiger partial charge is 0.252 e. The van der Waals surface area contributed by atoms with Gasteiger partial charge in [-0.1, -0.05) is 46.3 Å². The highest BCUT2D eigenvalue weighted by Crippen LogP contribution is 2.18. The van der Waals surface area contributed by atoms with E-state index in [1.807, 2.05) is 19.9 Å². The van der Waals surface area contributed by atoms with Gasteiger partial charge in [0.25, 0.3) is 5.91 Å². The summed E-state index contributed by atoms with van der Waals surface area (Å²) in [6.45, 7) is 3.68. The van der Waals surface area contributed by atoms with Crippen molar-refractivity contribution in [3.8, 4) is 0 Å². The van der Waals surface area contributed by atoms with E-state index >= 15 is 0 Å². The zero-order chi connectivity index (χ0) is 17.7. The molecule has 24 heavy (non-hydrogen) atoms. The molecule has 0 aliphatic carbocycles. The average Bonchev–Trinajstić information content (AvgIpc) is 2.51.